The second-order valence-corrected chi connectivity index (χ2v) is 7.01. The highest BCUT2D eigenvalue weighted by Gasteiger charge is 2.52. The highest BCUT2D eigenvalue weighted by atomic mass is 16.5. The standard InChI is InChI=1S/C18H21N3O4/c22-15(13-10-12-6-2-3-7-14(12)25-11-13)20-21-16(23)18(19-17(21)24)8-4-1-5-9-18/h2-3,6-7,13H,1,4-5,8-11H2,(H,19,24)(H,20,22). The summed E-state index contributed by atoms with van der Waals surface area (Å²) < 4.78 is 5.62. The van der Waals surface area contributed by atoms with Gasteiger partial charge in [-0.05, 0) is 30.9 Å². The maximum absolute atomic E-state index is 12.7. The Bertz CT molecular complexity index is 727. The molecule has 2 heterocycles. The number of carbonyl (C=O) groups is 3. The first-order chi connectivity index (χ1) is 12.1. The number of nitrogens with zero attached hydrogens (tertiary/aromatic N) is 1. The molecule has 3 aliphatic rings. The SMILES string of the molecule is O=C(NN1C(=O)NC2(CCCCC2)C1=O)C1COc2ccccc2C1. The number of hydrogen-bond acceptors (Lipinski definition) is 4. The molecule has 2 fully saturated rings. The first-order valence-corrected chi connectivity index (χ1v) is 8.77. The Balaban J connectivity index is 1.44. The van der Waals surface area contributed by atoms with E-state index >= 15 is 0 Å². The maximum atomic E-state index is 12.7. The van der Waals surface area contributed by atoms with Crippen LogP contribution in [-0.4, -0.2) is 35.0 Å². The molecule has 7 nitrogen and oxygen atoms in total. The number of amides is 4. The van der Waals surface area contributed by atoms with Crippen LogP contribution >= 0.6 is 0 Å². The average molecular weight is 343 g/mol. The van der Waals surface area contributed by atoms with Crippen molar-refractivity contribution in [2.75, 3.05) is 6.61 Å². The molecule has 1 spiro atoms. The van der Waals surface area contributed by atoms with E-state index in [1.807, 2.05) is 24.3 Å². The number of hydrogen-bond donors (Lipinski definition) is 2. The molecule has 7 heteroatoms. The van der Waals surface area contributed by atoms with Gasteiger partial charge in [-0.25, -0.2) is 4.79 Å². The van der Waals surface area contributed by atoms with Crippen LogP contribution in [0.15, 0.2) is 24.3 Å². The highest BCUT2D eigenvalue weighted by Crippen LogP contribution is 2.33. The molecule has 132 valence electrons. The molecule has 2 N–H and O–H groups in total. The van der Waals surface area contributed by atoms with E-state index in [9.17, 15) is 14.4 Å². The quantitative estimate of drug-likeness (QED) is 0.797. The van der Waals surface area contributed by atoms with Gasteiger partial charge >= 0.3 is 6.03 Å². The van der Waals surface area contributed by atoms with Crippen molar-refractivity contribution >= 4 is 17.8 Å². The summed E-state index contributed by atoms with van der Waals surface area (Å²) in [5.41, 5.74) is 2.62. The van der Waals surface area contributed by atoms with E-state index in [0.29, 0.717) is 19.3 Å². The number of imide groups is 1. The molecule has 4 rings (SSSR count). The van der Waals surface area contributed by atoms with Gasteiger partial charge < -0.3 is 10.1 Å². The third-order valence-electron chi connectivity index (χ3n) is 5.34. The zero-order valence-electron chi connectivity index (χ0n) is 13.9. The molecule has 1 aromatic carbocycles. The lowest BCUT2D eigenvalue weighted by Gasteiger charge is -2.30. The Morgan fingerprint density at radius 2 is 1.96 bits per heavy atom. The average Bonchev–Trinajstić information content (AvgIpc) is 2.86. The monoisotopic (exact) mass is 343 g/mol. The smallest absolute Gasteiger partial charge is 0.344 e. The minimum Gasteiger partial charge on any atom is -0.492 e. The molecule has 0 radical (unpaired) electrons. The first kappa shape index (κ1) is 15.9. The fourth-order valence-corrected chi connectivity index (χ4v) is 3.91. The van der Waals surface area contributed by atoms with Crippen molar-refractivity contribution in [1.29, 1.82) is 0 Å². The van der Waals surface area contributed by atoms with Crippen LogP contribution in [0.2, 0.25) is 0 Å². The summed E-state index contributed by atoms with van der Waals surface area (Å²) >= 11 is 0. The summed E-state index contributed by atoms with van der Waals surface area (Å²) in [4.78, 5) is 37.5. The van der Waals surface area contributed by atoms with Gasteiger partial charge in [0.15, 0.2) is 0 Å². The number of urea groups is 1. The summed E-state index contributed by atoms with van der Waals surface area (Å²) in [6, 6.07) is 7.02. The summed E-state index contributed by atoms with van der Waals surface area (Å²) in [5.74, 6) is -0.366. The number of para-hydroxylation sites is 1. The second-order valence-electron chi connectivity index (χ2n) is 7.01. The number of hydrazine groups is 1. The summed E-state index contributed by atoms with van der Waals surface area (Å²) in [7, 11) is 0. The van der Waals surface area contributed by atoms with Crippen molar-refractivity contribution in [3.8, 4) is 5.75 Å². The van der Waals surface area contributed by atoms with Crippen LogP contribution in [0.3, 0.4) is 0 Å². The van der Waals surface area contributed by atoms with E-state index in [4.69, 9.17) is 4.74 Å². The van der Waals surface area contributed by atoms with Gasteiger partial charge in [-0.3, -0.25) is 15.0 Å². The zero-order chi connectivity index (χ0) is 17.4. The van der Waals surface area contributed by atoms with Crippen molar-refractivity contribution in [2.45, 2.75) is 44.1 Å². The van der Waals surface area contributed by atoms with Crippen LogP contribution in [0, 0.1) is 5.92 Å². The Morgan fingerprint density at radius 1 is 1.20 bits per heavy atom. The third kappa shape index (κ3) is 2.73. The lowest BCUT2D eigenvalue weighted by atomic mass is 9.82. The van der Waals surface area contributed by atoms with Crippen LogP contribution in [0.5, 0.6) is 5.75 Å². The summed E-state index contributed by atoms with van der Waals surface area (Å²) in [6.07, 6.45) is 4.66. The van der Waals surface area contributed by atoms with E-state index in [2.05, 4.69) is 10.7 Å². The van der Waals surface area contributed by atoms with Gasteiger partial charge in [0.1, 0.15) is 17.9 Å². The normalized spacial score (nSPS) is 24.5. The first-order valence-electron chi connectivity index (χ1n) is 8.77. The predicted octanol–water partition coefficient (Wildman–Crippen LogP) is 1.52. The molecule has 1 unspecified atom stereocenters. The van der Waals surface area contributed by atoms with E-state index in [-0.39, 0.29) is 18.4 Å². The van der Waals surface area contributed by atoms with Gasteiger partial charge in [-0.2, -0.15) is 5.01 Å². The topological polar surface area (TPSA) is 87.7 Å². The van der Waals surface area contributed by atoms with Crippen molar-refractivity contribution < 1.29 is 19.1 Å². The van der Waals surface area contributed by atoms with Crippen molar-refractivity contribution in [3.63, 3.8) is 0 Å². The predicted molar refractivity (Wildman–Crippen MR) is 88.5 cm³/mol. The molecule has 2 aliphatic heterocycles. The van der Waals surface area contributed by atoms with E-state index in [1.165, 1.54) is 0 Å². The van der Waals surface area contributed by atoms with Crippen molar-refractivity contribution in [2.24, 2.45) is 5.92 Å². The molecule has 25 heavy (non-hydrogen) atoms. The van der Waals surface area contributed by atoms with Crippen molar-refractivity contribution in [3.05, 3.63) is 29.8 Å². The summed E-state index contributed by atoms with van der Waals surface area (Å²) in [5, 5.41) is 3.64. The molecule has 0 aromatic heterocycles. The number of carbonyl (C=O) groups excluding carboxylic acids is 3. The number of ether oxygens (including phenoxy) is 1. The molecule has 1 atom stereocenters. The molecule has 1 saturated carbocycles. The maximum Gasteiger partial charge on any atom is 0.344 e. The Labute approximate surface area is 145 Å². The van der Waals surface area contributed by atoms with Crippen molar-refractivity contribution in [1.82, 2.24) is 15.8 Å². The zero-order valence-corrected chi connectivity index (χ0v) is 13.9. The van der Waals surface area contributed by atoms with Crippen LogP contribution in [-0.2, 0) is 16.0 Å². The minimum atomic E-state index is -0.835. The molecule has 1 aliphatic carbocycles. The largest absolute Gasteiger partial charge is 0.492 e. The number of fused-ring (bicyclic) bond motifs is 1. The number of rotatable bonds is 2. The van der Waals surface area contributed by atoms with Gasteiger partial charge in [-0.15, -0.1) is 0 Å². The van der Waals surface area contributed by atoms with Gasteiger partial charge in [0, 0.05) is 0 Å². The second kappa shape index (κ2) is 6.06. The molecule has 1 saturated heterocycles. The molecule has 4 amide bonds. The van der Waals surface area contributed by atoms with Crippen LogP contribution in [0.4, 0.5) is 4.79 Å². The lowest BCUT2D eigenvalue weighted by Crippen LogP contribution is -2.52. The fraction of sp³-hybridized carbons (Fsp3) is 0.500. The number of nitrogens with one attached hydrogen (secondary N) is 2. The van der Waals surface area contributed by atoms with Crippen LogP contribution < -0.4 is 15.5 Å². The molecule has 0 bridgehead atoms. The Morgan fingerprint density at radius 3 is 2.76 bits per heavy atom. The van der Waals surface area contributed by atoms with E-state index < -0.39 is 17.5 Å². The van der Waals surface area contributed by atoms with Gasteiger partial charge in [0.25, 0.3) is 5.91 Å². The molecule has 1 aromatic rings. The van der Waals surface area contributed by atoms with E-state index in [1.54, 1.807) is 0 Å². The fourth-order valence-electron chi connectivity index (χ4n) is 3.91. The van der Waals surface area contributed by atoms with E-state index in [0.717, 1.165) is 35.6 Å². The van der Waals surface area contributed by atoms with Crippen LogP contribution in [0.1, 0.15) is 37.7 Å². The number of benzene rings is 1. The van der Waals surface area contributed by atoms with Gasteiger partial charge in [0.05, 0.1) is 5.92 Å². The Kier molecular flexibility index (Phi) is 3.86. The summed E-state index contributed by atoms with van der Waals surface area (Å²) in [6.45, 7) is 0.234. The third-order valence-corrected chi connectivity index (χ3v) is 5.34. The minimum absolute atomic E-state index is 0.234. The molecular formula is C18H21N3O4. The van der Waals surface area contributed by atoms with Crippen LogP contribution in [0.25, 0.3) is 0 Å². The van der Waals surface area contributed by atoms with Gasteiger partial charge in [0.2, 0.25) is 5.91 Å². The van der Waals surface area contributed by atoms with Gasteiger partial charge in [-0.1, -0.05) is 37.5 Å². The Hall–Kier alpha value is -2.57. The molecular weight excluding hydrogens is 322 g/mol. The lowest BCUT2D eigenvalue weighted by molar-refractivity contribution is -0.141. The highest BCUT2D eigenvalue weighted by molar-refractivity contribution is 6.08.